The van der Waals surface area contributed by atoms with Crippen LogP contribution in [0.15, 0.2) is 0 Å². The van der Waals surface area contributed by atoms with Crippen LogP contribution in [-0.2, 0) is 4.79 Å². The van der Waals surface area contributed by atoms with E-state index in [1.807, 2.05) is 0 Å². The smallest absolute Gasteiger partial charge is 0.223 e. The van der Waals surface area contributed by atoms with Crippen LogP contribution < -0.4 is 5.32 Å². The molecule has 148 valence electrons. The highest BCUT2D eigenvalue weighted by Crippen LogP contribution is 2.28. The summed E-state index contributed by atoms with van der Waals surface area (Å²) in [6.45, 7) is 12.0. The second kappa shape index (κ2) is 11.6. The standard InChI is InChI=1S/C18H34N4O.2ClH/c1-2-20-11-13-21(14-12-20)8-7-18(23)22-9-5-17(6-10-22)19-15-16-3-4-16;;/h16-17,19H,2-15H2,1H3;2*1H. The van der Waals surface area contributed by atoms with Crippen LogP contribution in [-0.4, -0.2) is 85.6 Å². The normalized spacial score (nSPS) is 23.0. The summed E-state index contributed by atoms with van der Waals surface area (Å²) in [5, 5.41) is 3.69. The molecule has 1 N–H and O–H groups in total. The van der Waals surface area contributed by atoms with Gasteiger partial charge in [-0.05, 0) is 44.7 Å². The van der Waals surface area contributed by atoms with E-state index in [0.717, 1.165) is 71.1 Å². The summed E-state index contributed by atoms with van der Waals surface area (Å²) in [6.07, 6.45) is 5.79. The van der Waals surface area contributed by atoms with Gasteiger partial charge in [0.15, 0.2) is 0 Å². The lowest BCUT2D eigenvalue weighted by molar-refractivity contribution is -0.132. The van der Waals surface area contributed by atoms with Gasteiger partial charge >= 0.3 is 0 Å². The van der Waals surface area contributed by atoms with Gasteiger partial charge in [0, 0.05) is 58.3 Å². The Labute approximate surface area is 165 Å². The van der Waals surface area contributed by atoms with Crippen molar-refractivity contribution in [1.29, 1.82) is 0 Å². The van der Waals surface area contributed by atoms with Gasteiger partial charge in [-0.3, -0.25) is 4.79 Å². The third-order valence-corrected chi connectivity index (χ3v) is 5.79. The van der Waals surface area contributed by atoms with Gasteiger partial charge in [-0.25, -0.2) is 0 Å². The predicted octanol–water partition coefficient (Wildman–Crippen LogP) is 1.85. The van der Waals surface area contributed by atoms with Gasteiger partial charge in [0.2, 0.25) is 5.91 Å². The van der Waals surface area contributed by atoms with Crippen molar-refractivity contribution in [2.45, 2.75) is 45.1 Å². The molecule has 5 nitrogen and oxygen atoms in total. The number of amides is 1. The Hall–Kier alpha value is -0.0700. The van der Waals surface area contributed by atoms with Crippen molar-refractivity contribution in [2.75, 3.05) is 58.9 Å². The second-order valence-corrected chi connectivity index (χ2v) is 7.53. The summed E-state index contributed by atoms with van der Waals surface area (Å²) in [6, 6.07) is 0.641. The van der Waals surface area contributed by atoms with Gasteiger partial charge in [-0.1, -0.05) is 6.92 Å². The third-order valence-electron chi connectivity index (χ3n) is 5.79. The van der Waals surface area contributed by atoms with E-state index in [1.54, 1.807) is 0 Å². The van der Waals surface area contributed by atoms with E-state index in [1.165, 1.54) is 19.4 Å². The summed E-state index contributed by atoms with van der Waals surface area (Å²) >= 11 is 0. The molecule has 0 atom stereocenters. The zero-order valence-corrected chi connectivity index (χ0v) is 17.3. The molecular weight excluding hydrogens is 359 g/mol. The molecule has 2 aliphatic heterocycles. The third kappa shape index (κ3) is 7.59. The highest BCUT2D eigenvalue weighted by Gasteiger charge is 2.26. The zero-order valence-electron chi connectivity index (χ0n) is 15.6. The molecule has 3 fully saturated rings. The average molecular weight is 395 g/mol. The van der Waals surface area contributed by atoms with Crippen molar-refractivity contribution in [3.63, 3.8) is 0 Å². The first-order chi connectivity index (χ1) is 11.2. The van der Waals surface area contributed by atoms with Crippen molar-refractivity contribution in [1.82, 2.24) is 20.0 Å². The van der Waals surface area contributed by atoms with E-state index in [-0.39, 0.29) is 24.8 Å². The Morgan fingerprint density at radius 1 is 0.920 bits per heavy atom. The van der Waals surface area contributed by atoms with Gasteiger partial charge < -0.3 is 20.0 Å². The number of piperidine rings is 1. The molecule has 0 aromatic carbocycles. The number of carbonyl (C=O) groups excluding carboxylic acids is 1. The molecule has 0 unspecified atom stereocenters. The molecule has 1 saturated carbocycles. The maximum absolute atomic E-state index is 12.4. The molecule has 2 saturated heterocycles. The summed E-state index contributed by atoms with van der Waals surface area (Å²) in [7, 11) is 0. The lowest BCUT2D eigenvalue weighted by atomic mass is 10.0. The maximum Gasteiger partial charge on any atom is 0.223 e. The Morgan fingerprint density at radius 2 is 1.52 bits per heavy atom. The molecule has 0 aromatic rings. The number of rotatable bonds is 7. The fourth-order valence-electron chi connectivity index (χ4n) is 3.73. The predicted molar refractivity (Wildman–Crippen MR) is 108 cm³/mol. The van der Waals surface area contributed by atoms with Gasteiger partial charge in [0.1, 0.15) is 0 Å². The molecule has 0 spiro atoms. The summed E-state index contributed by atoms with van der Waals surface area (Å²) in [5.41, 5.74) is 0. The van der Waals surface area contributed by atoms with Crippen molar-refractivity contribution >= 4 is 30.7 Å². The minimum Gasteiger partial charge on any atom is -0.343 e. The summed E-state index contributed by atoms with van der Waals surface area (Å²) < 4.78 is 0. The lowest BCUT2D eigenvalue weighted by Gasteiger charge is -2.35. The van der Waals surface area contributed by atoms with Crippen LogP contribution >= 0.6 is 24.8 Å². The van der Waals surface area contributed by atoms with Crippen molar-refractivity contribution in [3.8, 4) is 0 Å². The fourth-order valence-corrected chi connectivity index (χ4v) is 3.73. The molecule has 1 amide bonds. The van der Waals surface area contributed by atoms with Gasteiger partial charge in [-0.2, -0.15) is 0 Å². The van der Waals surface area contributed by atoms with Crippen LogP contribution in [0.4, 0.5) is 0 Å². The zero-order chi connectivity index (χ0) is 16.1. The van der Waals surface area contributed by atoms with Gasteiger partial charge in [-0.15, -0.1) is 24.8 Å². The largest absolute Gasteiger partial charge is 0.343 e. The van der Waals surface area contributed by atoms with Crippen LogP contribution in [0, 0.1) is 5.92 Å². The van der Waals surface area contributed by atoms with Gasteiger partial charge in [0.05, 0.1) is 0 Å². The number of hydrogen-bond acceptors (Lipinski definition) is 4. The Kier molecular flexibility index (Phi) is 10.7. The minimum absolute atomic E-state index is 0. The number of likely N-dealkylation sites (tertiary alicyclic amines) is 1. The van der Waals surface area contributed by atoms with Crippen LogP contribution in [0.25, 0.3) is 0 Å². The van der Waals surface area contributed by atoms with Crippen LogP contribution in [0.1, 0.15) is 39.0 Å². The van der Waals surface area contributed by atoms with E-state index in [2.05, 4.69) is 26.9 Å². The molecule has 1 aliphatic carbocycles. The van der Waals surface area contributed by atoms with Crippen molar-refractivity contribution in [3.05, 3.63) is 0 Å². The first-order valence-electron chi connectivity index (χ1n) is 9.70. The number of likely N-dealkylation sites (N-methyl/N-ethyl adjacent to an activating group) is 1. The number of piperazine rings is 1. The minimum atomic E-state index is 0. The number of nitrogens with one attached hydrogen (secondary N) is 1. The van der Waals surface area contributed by atoms with E-state index in [9.17, 15) is 4.79 Å². The molecule has 3 aliphatic rings. The quantitative estimate of drug-likeness (QED) is 0.714. The molecule has 0 bridgehead atoms. The molecule has 25 heavy (non-hydrogen) atoms. The average Bonchev–Trinajstić information content (AvgIpc) is 3.43. The lowest BCUT2D eigenvalue weighted by Crippen LogP contribution is -2.48. The second-order valence-electron chi connectivity index (χ2n) is 7.53. The van der Waals surface area contributed by atoms with Crippen molar-refractivity contribution in [2.24, 2.45) is 5.92 Å². The number of halogens is 2. The number of hydrogen-bond donors (Lipinski definition) is 1. The molecule has 3 rings (SSSR count). The molecule has 0 aromatic heterocycles. The van der Waals surface area contributed by atoms with Crippen molar-refractivity contribution < 1.29 is 4.79 Å². The summed E-state index contributed by atoms with van der Waals surface area (Å²) in [4.78, 5) is 19.4. The van der Waals surface area contributed by atoms with E-state index >= 15 is 0 Å². The molecule has 2 heterocycles. The molecule has 0 radical (unpaired) electrons. The topological polar surface area (TPSA) is 38.8 Å². The Bertz CT molecular complexity index is 379. The first kappa shape index (κ1) is 23.0. The van der Waals surface area contributed by atoms with Crippen LogP contribution in [0.2, 0.25) is 0 Å². The van der Waals surface area contributed by atoms with Crippen LogP contribution in [0.3, 0.4) is 0 Å². The van der Waals surface area contributed by atoms with E-state index < -0.39 is 0 Å². The van der Waals surface area contributed by atoms with Gasteiger partial charge in [0.25, 0.3) is 0 Å². The molecular formula is C18H36Cl2N4O. The highest BCUT2D eigenvalue weighted by atomic mass is 35.5. The van der Waals surface area contributed by atoms with E-state index in [4.69, 9.17) is 0 Å². The SMILES string of the molecule is CCN1CCN(CCC(=O)N2CCC(NCC3CC3)CC2)CC1.Cl.Cl. The number of nitrogens with zero attached hydrogens (tertiary/aromatic N) is 3. The maximum atomic E-state index is 12.4. The van der Waals surface area contributed by atoms with Crippen LogP contribution in [0.5, 0.6) is 0 Å². The summed E-state index contributed by atoms with van der Waals surface area (Å²) in [5.74, 6) is 1.31. The Balaban J connectivity index is 0.00000156. The van der Waals surface area contributed by atoms with E-state index in [0.29, 0.717) is 18.4 Å². The first-order valence-corrected chi connectivity index (χ1v) is 9.70. The Morgan fingerprint density at radius 3 is 2.08 bits per heavy atom. The molecule has 7 heteroatoms. The fraction of sp³-hybridized carbons (Fsp3) is 0.944. The number of carbonyl (C=O) groups is 1. The monoisotopic (exact) mass is 394 g/mol. The highest BCUT2D eigenvalue weighted by molar-refractivity contribution is 5.85.